The number of nitro benzene ring substituents is 1. The van der Waals surface area contributed by atoms with E-state index in [0.717, 1.165) is 12.1 Å². The van der Waals surface area contributed by atoms with Crippen molar-refractivity contribution in [3.63, 3.8) is 0 Å². The zero-order chi connectivity index (χ0) is 19.3. The van der Waals surface area contributed by atoms with Gasteiger partial charge in [-0.25, -0.2) is 4.79 Å². The molecule has 0 saturated carbocycles. The van der Waals surface area contributed by atoms with E-state index in [1.54, 1.807) is 0 Å². The second-order valence-corrected chi connectivity index (χ2v) is 5.67. The number of rotatable bonds is 5. The van der Waals surface area contributed by atoms with E-state index in [9.17, 15) is 19.7 Å². The van der Waals surface area contributed by atoms with Gasteiger partial charge in [0, 0.05) is 17.8 Å². The van der Waals surface area contributed by atoms with Crippen LogP contribution < -0.4 is 5.32 Å². The number of nitriles is 1. The van der Waals surface area contributed by atoms with Crippen molar-refractivity contribution in [2.45, 2.75) is 0 Å². The smallest absolute Gasteiger partial charge is 0.340 e. The number of amides is 1. The highest BCUT2D eigenvalue weighted by molar-refractivity contribution is 6.33. The maximum atomic E-state index is 12.0. The van der Waals surface area contributed by atoms with Crippen molar-refractivity contribution in [3.05, 3.63) is 67.7 Å². The van der Waals surface area contributed by atoms with E-state index in [2.05, 4.69) is 5.32 Å². The molecule has 10 heteroatoms. The Kier molecular flexibility index (Phi) is 6.11. The average Bonchev–Trinajstić information content (AvgIpc) is 2.60. The number of nitrogens with one attached hydrogen (secondary N) is 1. The van der Waals surface area contributed by atoms with Gasteiger partial charge < -0.3 is 10.1 Å². The maximum Gasteiger partial charge on any atom is 0.340 e. The number of hydrogen-bond donors (Lipinski definition) is 1. The third-order valence-corrected chi connectivity index (χ3v) is 3.73. The molecule has 0 bridgehead atoms. The van der Waals surface area contributed by atoms with Crippen molar-refractivity contribution < 1.29 is 19.2 Å². The third kappa shape index (κ3) is 4.69. The van der Waals surface area contributed by atoms with Crippen LogP contribution in [0.15, 0.2) is 36.4 Å². The van der Waals surface area contributed by atoms with Crippen molar-refractivity contribution in [2.75, 3.05) is 11.9 Å². The molecule has 0 unspecified atom stereocenters. The molecule has 0 atom stereocenters. The van der Waals surface area contributed by atoms with E-state index in [0.29, 0.717) is 5.69 Å². The first kappa shape index (κ1) is 19.2. The van der Waals surface area contributed by atoms with E-state index in [1.807, 2.05) is 6.07 Å². The van der Waals surface area contributed by atoms with Crippen LogP contribution in [0.3, 0.4) is 0 Å². The molecule has 2 aromatic rings. The molecule has 1 amide bonds. The summed E-state index contributed by atoms with van der Waals surface area (Å²) in [6.45, 7) is -0.643. The zero-order valence-electron chi connectivity index (χ0n) is 12.9. The molecule has 1 N–H and O–H groups in total. The number of hydrogen-bond acceptors (Lipinski definition) is 6. The number of anilines is 1. The molecular formula is C16H9Cl2N3O5. The fraction of sp³-hybridized carbons (Fsp3) is 0.0625. The molecule has 0 heterocycles. The van der Waals surface area contributed by atoms with Crippen LogP contribution in [0, 0.1) is 21.4 Å². The van der Waals surface area contributed by atoms with Crippen LogP contribution in [-0.2, 0) is 9.53 Å². The number of benzene rings is 2. The minimum Gasteiger partial charge on any atom is -0.452 e. The second kappa shape index (κ2) is 8.29. The molecular weight excluding hydrogens is 385 g/mol. The predicted molar refractivity (Wildman–Crippen MR) is 93.2 cm³/mol. The van der Waals surface area contributed by atoms with Gasteiger partial charge in [0.2, 0.25) is 0 Å². The molecule has 0 saturated heterocycles. The number of ether oxygens (including phenoxy) is 1. The van der Waals surface area contributed by atoms with Crippen molar-refractivity contribution in [1.82, 2.24) is 0 Å². The van der Waals surface area contributed by atoms with Gasteiger partial charge in [-0.15, -0.1) is 0 Å². The fourth-order valence-electron chi connectivity index (χ4n) is 1.87. The summed E-state index contributed by atoms with van der Waals surface area (Å²) in [5, 5.41) is 22.1. The molecule has 0 spiro atoms. The van der Waals surface area contributed by atoms with E-state index in [4.69, 9.17) is 33.2 Å². The summed E-state index contributed by atoms with van der Waals surface area (Å²) in [6, 6.07) is 9.42. The lowest BCUT2D eigenvalue weighted by Crippen LogP contribution is -2.21. The summed E-state index contributed by atoms with van der Waals surface area (Å²) < 4.78 is 4.81. The minimum absolute atomic E-state index is 0.0418. The normalized spacial score (nSPS) is 9.88. The van der Waals surface area contributed by atoms with Gasteiger partial charge in [-0.1, -0.05) is 23.2 Å². The summed E-state index contributed by atoms with van der Waals surface area (Å²) in [6.07, 6.45) is 0. The monoisotopic (exact) mass is 393 g/mol. The van der Waals surface area contributed by atoms with Gasteiger partial charge in [0.25, 0.3) is 11.6 Å². The van der Waals surface area contributed by atoms with Crippen LogP contribution in [0.2, 0.25) is 10.0 Å². The largest absolute Gasteiger partial charge is 0.452 e. The van der Waals surface area contributed by atoms with Crippen molar-refractivity contribution in [1.29, 1.82) is 5.26 Å². The Morgan fingerprint density at radius 3 is 2.54 bits per heavy atom. The average molecular weight is 394 g/mol. The lowest BCUT2D eigenvalue weighted by molar-refractivity contribution is -0.384. The van der Waals surface area contributed by atoms with Gasteiger partial charge in [-0.05, 0) is 24.3 Å². The van der Waals surface area contributed by atoms with Gasteiger partial charge >= 0.3 is 5.97 Å². The Morgan fingerprint density at radius 2 is 1.92 bits per heavy atom. The molecule has 0 radical (unpaired) electrons. The Morgan fingerprint density at radius 1 is 1.19 bits per heavy atom. The molecule has 132 valence electrons. The number of carbonyl (C=O) groups is 2. The number of nitro groups is 1. The Bertz CT molecular complexity index is 940. The second-order valence-electron chi connectivity index (χ2n) is 4.85. The molecule has 2 rings (SSSR count). The number of non-ortho nitro benzene ring substituents is 1. The van der Waals surface area contributed by atoms with Crippen LogP contribution in [0.25, 0.3) is 0 Å². The highest BCUT2D eigenvalue weighted by Crippen LogP contribution is 2.23. The SMILES string of the molecule is N#Cc1ccc(NC(=O)COC(=O)c2cc([N+](=O)[O-])ccc2Cl)cc1Cl. The maximum absolute atomic E-state index is 12.0. The topological polar surface area (TPSA) is 122 Å². The Balaban J connectivity index is 2.00. The number of nitrogens with zero attached hydrogens (tertiary/aromatic N) is 2. The van der Waals surface area contributed by atoms with E-state index in [-0.39, 0.29) is 26.9 Å². The molecule has 0 aliphatic rings. The zero-order valence-corrected chi connectivity index (χ0v) is 14.4. The lowest BCUT2D eigenvalue weighted by atomic mass is 10.2. The molecule has 26 heavy (non-hydrogen) atoms. The minimum atomic E-state index is -0.980. The van der Waals surface area contributed by atoms with Crippen LogP contribution in [0.1, 0.15) is 15.9 Å². The lowest BCUT2D eigenvalue weighted by Gasteiger charge is -2.08. The van der Waals surface area contributed by atoms with E-state index in [1.165, 1.54) is 24.3 Å². The van der Waals surface area contributed by atoms with Gasteiger partial charge in [0.1, 0.15) is 6.07 Å². The quantitative estimate of drug-likeness (QED) is 0.470. The van der Waals surface area contributed by atoms with Crippen molar-refractivity contribution in [3.8, 4) is 6.07 Å². The number of esters is 1. The van der Waals surface area contributed by atoms with Gasteiger partial charge in [0.15, 0.2) is 6.61 Å². The molecule has 0 aliphatic carbocycles. The standard InChI is InChI=1S/C16H9Cl2N3O5/c17-13-4-3-11(21(24)25)6-12(13)16(23)26-8-15(22)20-10-2-1-9(7-19)14(18)5-10/h1-6H,8H2,(H,20,22). The van der Waals surface area contributed by atoms with Gasteiger partial charge in [-0.2, -0.15) is 5.26 Å². The molecule has 0 aromatic heterocycles. The molecule has 0 aliphatic heterocycles. The highest BCUT2D eigenvalue weighted by Gasteiger charge is 2.18. The van der Waals surface area contributed by atoms with Gasteiger partial charge in [-0.3, -0.25) is 14.9 Å². The van der Waals surface area contributed by atoms with Crippen LogP contribution in [-0.4, -0.2) is 23.4 Å². The third-order valence-electron chi connectivity index (χ3n) is 3.09. The Labute approximate surface area is 157 Å². The summed E-state index contributed by atoms with van der Waals surface area (Å²) in [4.78, 5) is 33.9. The number of halogens is 2. The first-order chi connectivity index (χ1) is 12.3. The van der Waals surface area contributed by atoms with Crippen LogP contribution in [0.4, 0.5) is 11.4 Å². The summed E-state index contributed by atoms with van der Waals surface area (Å²) in [5.74, 6) is -1.65. The molecule has 0 fully saturated rings. The molecule has 8 nitrogen and oxygen atoms in total. The van der Waals surface area contributed by atoms with Crippen molar-refractivity contribution >= 4 is 46.5 Å². The van der Waals surface area contributed by atoms with Gasteiger partial charge in [0.05, 0.1) is 26.1 Å². The fourth-order valence-corrected chi connectivity index (χ4v) is 2.29. The highest BCUT2D eigenvalue weighted by atomic mass is 35.5. The first-order valence-electron chi connectivity index (χ1n) is 6.92. The first-order valence-corrected chi connectivity index (χ1v) is 7.68. The van der Waals surface area contributed by atoms with E-state index < -0.39 is 23.4 Å². The predicted octanol–water partition coefficient (Wildman–Crippen LogP) is 3.57. The summed E-state index contributed by atoms with van der Waals surface area (Å²) in [5.41, 5.74) is -0.00653. The van der Waals surface area contributed by atoms with Crippen molar-refractivity contribution in [2.24, 2.45) is 0 Å². The summed E-state index contributed by atoms with van der Waals surface area (Å²) in [7, 11) is 0. The van der Waals surface area contributed by atoms with Crippen LogP contribution in [0.5, 0.6) is 0 Å². The van der Waals surface area contributed by atoms with E-state index >= 15 is 0 Å². The Hall–Kier alpha value is -3.15. The molecule has 2 aromatic carbocycles. The number of carbonyl (C=O) groups excluding carboxylic acids is 2. The summed E-state index contributed by atoms with van der Waals surface area (Å²) >= 11 is 11.7. The van der Waals surface area contributed by atoms with Crippen LogP contribution >= 0.6 is 23.2 Å².